The molecule has 1 aliphatic heterocycles. The van der Waals surface area contributed by atoms with Gasteiger partial charge in [0.15, 0.2) is 5.78 Å². The summed E-state index contributed by atoms with van der Waals surface area (Å²) in [6, 6.07) is 9.20. The van der Waals surface area contributed by atoms with Gasteiger partial charge in [0.2, 0.25) is 0 Å². The maximum atomic E-state index is 12.5. The molecule has 0 saturated heterocycles. The molecular formula is C18H15ClN2O4. The molecule has 25 heavy (non-hydrogen) atoms. The Labute approximate surface area is 148 Å². The molecule has 128 valence electrons. The minimum absolute atomic E-state index is 0.110. The summed E-state index contributed by atoms with van der Waals surface area (Å²) >= 11 is 5.83. The van der Waals surface area contributed by atoms with E-state index in [0.29, 0.717) is 11.3 Å². The first kappa shape index (κ1) is 16.9. The van der Waals surface area contributed by atoms with E-state index in [9.17, 15) is 15.0 Å². The van der Waals surface area contributed by atoms with Gasteiger partial charge in [0.1, 0.15) is 23.9 Å². The average molecular weight is 359 g/mol. The molecule has 1 atom stereocenters. The van der Waals surface area contributed by atoms with Crippen molar-refractivity contribution in [1.82, 2.24) is 9.97 Å². The predicted molar refractivity (Wildman–Crippen MR) is 92.4 cm³/mol. The molecule has 0 bridgehead atoms. The summed E-state index contributed by atoms with van der Waals surface area (Å²) in [6.45, 7) is 0.192. The number of aromatic amines is 1. The van der Waals surface area contributed by atoms with Crippen molar-refractivity contribution in [2.24, 2.45) is 0 Å². The molecule has 1 aliphatic rings. The van der Waals surface area contributed by atoms with Gasteiger partial charge in [-0.2, -0.15) is 0 Å². The molecule has 3 N–H and O–H groups in total. The lowest BCUT2D eigenvalue weighted by Gasteiger charge is -2.24. The van der Waals surface area contributed by atoms with Crippen molar-refractivity contribution in [3.05, 3.63) is 71.3 Å². The van der Waals surface area contributed by atoms with Crippen LogP contribution in [-0.2, 0) is 0 Å². The zero-order valence-electron chi connectivity index (χ0n) is 13.0. The Hall–Kier alpha value is -2.99. The monoisotopic (exact) mass is 358 g/mol. The third-order valence-corrected chi connectivity index (χ3v) is 4.04. The summed E-state index contributed by atoms with van der Waals surface area (Å²) in [7, 11) is 0. The molecular weight excluding hydrogens is 344 g/mol. The molecule has 4 rings (SSSR count). The van der Waals surface area contributed by atoms with Crippen LogP contribution in [0.15, 0.2) is 55.1 Å². The first-order valence-electron chi connectivity index (χ1n) is 7.47. The lowest BCUT2D eigenvalue weighted by molar-refractivity contribution is 0.0896. The average Bonchev–Trinajstić information content (AvgIpc) is 3.18. The fourth-order valence-electron chi connectivity index (χ4n) is 2.46. The first-order chi connectivity index (χ1) is 12.1. The number of hydrogen-bond donors (Lipinski definition) is 3. The Balaban J connectivity index is 0.000000314. The van der Waals surface area contributed by atoms with Crippen LogP contribution in [0.2, 0.25) is 5.02 Å². The van der Waals surface area contributed by atoms with Crippen LogP contribution in [0.3, 0.4) is 0 Å². The van der Waals surface area contributed by atoms with Crippen molar-refractivity contribution in [2.75, 3.05) is 6.61 Å². The van der Waals surface area contributed by atoms with Gasteiger partial charge in [-0.15, -0.1) is 0 Å². The zero-order chi connectivity index (χ0) is 17.8. The number of aromatic nitrogens is 2. The fourth-order valence-corrected chi connectivity index (χ4v) is 2.62. The van der Waals surface area contributed by atoms with Crippen LogP contribution in [0.5, 0.6) is 17.2 Å². The number of phenols is 2. The highest BCUT2D eigenvalue weighted by Gasteiger charge is 2.31. The maximum absolute atomic E-state index is 12.5. The van der Waals surface area contributed by atoms with E-state index in [1.165, 1.54) is 24.3 Å². The molecule has 0 radical (unpaired) electrons. The number of Topliss-reactive ketones (excluding diaryl/α,β-unsaturated/α-hetero) is 1. The maximum Gasteiger partial charge on any atom is 0.177 e. The van der Waals surface area contributed by atoms with Gasteiger partial charge in [-0.05, 0) is 23.8 Å². The molecule has 0 amide bonds. The summed E-state index contributed by atoms with van der Waals surface area (Å²) < 4.78 is 5.52. The lowest BCUT2D eigenvalue weighted by atomic mass is 9.89. The number of aromatic hydroxyl groups is 2. The molecule has 2 aromatic carbocycles. The highest BCUT2D eigenvalue weighted by molar-refractivity contribution is 6.32. The number of nitrogens with one attached hydrogen (secondary N) is 1. The Bertz CT molecular complexity index is 846. The van der Waals surface area contributed by atoms with E-state index in [4.69, 9.17) is 16.3 Å². The fraction of sp³-hybridized carbons (Fsp3) is 0.111. The number of rotatable bonds is 1. The van der Waals surface area contributed by atoms with E-state index >= 15 is 0 Å². The number of ketones is 1. The van der Waals surface area contributed by atoms with Gasteiger partial charge >= 0.3 is 0 Å². The normalized spacial score (nSPS) is 15.6. The second-order valence-corrected chi connectivity index (χ2v) is 5.79. The van der Waals surface area contributed by atoms with Gasteiger partial charge in [0, 0.05) is 18.5 Å². The molecule has 0 aliphatic carbocycles. The zero-order valence-corrected chi connectivity index (χ0v) is 13.8. The van der Waals surface area contributed by atoms with Crippen LogP contribution in [0.4, 0.5) is 0 Å². The van der Waals surface area contributed by atoms with Gasteiger partial charge in [-0.1, -0.05) is 23.7 Å². The van der Waals surface area contributed by atoms with Crippen molar-refractivity contribution in [1.29, 1.82) is 0 Å². The van der Waals surface area contributed by atoms with Crippen LogP contribution >= 0.6 is 11.6 Å². The Morgan fingerprint density at radius 3 is 2.56 bits per heavy atom. The van der Waals surface area contributed by atoms with Gasteiger partial charge in [0.25, 0.3) is 0 Å². The first-order valence-corrected chi connectivity index (χ1v) is 7.85. The number of hydrogen-bond acceptors (Lipinski definition) is 5. The van der Waals surface area contributed by atoms with Crippen molar-refractivity contribution in [2.45, 2.75) is 5.92 Å². The van der Waals surface area contributed by atoms with Gasteiger partial charge in [0.05, 0.1) is 22.8 Å². The summed E-state index contributed by atoms with van der Waals surface area (Å²) in [6.07, 6.45) is 5.08. The number of ether oxygens (including phenoxy) is 1. The second-order valence-electron chi connectivity index (χ2n) is 5.38. The van der Waals surface area contributed by atoms with Crippen molar-refractivity contribution in [3.63, 3.8) is 0 Å². The smallest absolute Gasteiger partial charge is 0.177 e. The van der Waals surface area contributed by atoms with Gasteiger partial charge < -0.3 is 19.9 Å². The Morgan fingerprint density at radius 1 is 1.20 bits per heavy atom. The van der Waals surface area contributed by atoms with Gasteiger partial charge in [-0.3, -0.25) is 4.79 Å². The largest absolute Gasteiger partial charge is 0.508 e. The number of fused-ring (bicyclic) bond motifs is 1. The van der Waals surface area contributed by atoms with Crippen LogP contribution in [0.1, 0.15) is 21.8 Å². The highest BCUT2D eigenvalue weighted by Crippen LogP contribution is 2.38. The molecule has 0 saturated carbocycles. The number of imidazole rings is 1. The summed E-state index contributed by atoms with van der Waals surface area (Å²) in [5, 5.41) is 18.9. The molecule has 6 nitrogen and oxygen atoms in total. The molecule has 7 heteroatoms. The molecule has 0 spiro atoms. The van der Waals surface area contributed by atoms with E-state index in [1.807, 2.05) is 0 Å². The van der Waals surface area contributed by atoms with E-state index in [-0.39, 0.29) is 28.9 Å². The number of carbonyl (C=O) groups excluding carboxylic acids is 1. The quantitative estimate of drug-likeness (QED) is 0.618. The van der Waals surface area contributed by atoms with Gasteiger partial charge in [-0.25, -0.2) is 4.98 Å². The third-order valence-electron chi connectivity index (χ3n) is 3.74. The molecule has 1 aromatic heterocycles. The minimum atomic E-state index is -0.441. The molecule has 0 fully saturated rings. The molecule has 1 unspecified atom stereocenters. The standard InChI is InChI=1S/C15H11ClO4.C3H4N2/c16-12-5-10-14(6-13(12)18)20-7-11(15(10)19)8-1-3-9(17)4-2-8;1-2-5-3-4-1/h1-6,11,17-18H,7H2;1-3H,(H,4,5). The van der Waals surface area contributed by atoms with Crippen molar-refractivity contribution < 1.29 is 19.7 Å². The van der Waals surface area contributed by atoms with Crippen LogP contribution in [0, 0.1) is 0 Å². The number of phenolic OH excluding ortho intramolecular Hbond substituents is 2. The SMILES string of the molecule is O=C1c2cc(Cl)c(O)cc2OCC1c1ccc(O)cc1.c1c[nH]cn1. The van der Waals surface area contributed by atoms with Crippen LogP contribution in [0.25, 0.3) is 0 Å². The topological polar surface area (TPSA) is 95.4 Å². The summed E-state index contributed by atoms with van der Waals surface area (Å²) in [4.78, 5) is 18.9. The minimum Gasteiger partial charge on any atom is -0.508 e. The van der Waals surface area contributed by atoms with E-state index < -0.39 is 5.92 Å². The second kappa shape index (κ2) is 7.27. The number of halogens is 1. The van der Waals surface area contributed by atoms with Crippen molar-refractivity contribution >= 4 is 17.4 Å². The van der Waals surface area contributed by atoms with Crippen molar-refractivity contribution in [3.8, 4) is 17.2 Å². The lowest BCUT2D eigenvalue weighted by Crippen LogP contribution is -2.26. The Kier molecular flexibility index (Phi) is 4.90. The molecule has 3 aromatic rings. The van der Waals surface area contributed by atoms with Crippen LogP contribution in [-0.4, -0.2) is 32.6 Å². The summed E-state index contributed by atoms with van der Waals surface area (Å²) in [5.41, 5.74) is 1.12. The van der Waals surface area contributed by atoms with E-state index in [1.54, 1.807) is 30.9 Å². The number of nitrogens with zero attached hydrogens (tertiary/aromatic N) is 1. The third kappa shape index (κ3) is 3.75. The van der Waals surface area contributed by atoms with E-state index in [0.717, 1.165) is 5.56 Å². The number of H-pyrrole nitrogens is 1. The highest BCUT2D eigenvalue weighted by atomic mass is 35.5. The Morgan fingerprint density at radius 2 is 1.96 bits per heavy atom. The number of carbonyl (C=O) groups is 1. The predicted octanol–water partition coefficient (Wildman–Crippen LogP) is 3.52. The summed E-state index contributed by atoms with van der Waals surface area (Å²) in [5.74, 6) is -0.179. The molecule has 2 heterocycles. The van der Waals surface area contributed by atoms with E-state index in [2.05, 4.69) is 9.97 Å². The van der Waals surface area contributed by atoms with Crippen LogP contribution < -0.4 is 4.74 Å². The number of benzene rings is 2.